The molecule has 0 N–H and O–H groups in total. The van der Waals surface area contributed by atoms with Crippen LogP contribution in [0.3, 0.4) is 0 Å². The zero-order valence-corrected chi connectivity index (χ0v) is 13.5. The van der Waals surface area contributed by atoms with Gasteiger partial charge in [0.2, 0.25) is 0 Å². The van der Waals surface area contributed by atoms with Crippen LogP contribution in [-0.2, 0) is 4.43 Å². The Bertz CT molecular complexity index is 135. The van der Waals surface area contributed by atoms with Crippen molar-refractivity contribution in [2.75, 3.05) is 18.5 Å². The van der Waals surface area contributed by atoms with E-state index in [1.165, 1.54) is 37.7 Å². The van der Waals surface area contributed by atoms with E-state index in [0.717, 1.165) is 10.5 Å². The van der Waals surface area contributed by atoms with E-state index in [1.807, 2.05) is 0 Å². The van der Waals surface area contributed by atoms with Gasteiger partial charge in [0.1, 0.15) is 10.5 Å². The molecule has 0 heterocycles. The first-order chi connectivity index (χ1) is 6.55. The van der Waals surface area contributed by atoms with Crippen molar-refractivity contribution in [3.05, 3.63) is 0 Å². The van der Waals surface area contributed by atoms with Crippen molar-refractivity contribution in [2.24, 2.45) is 0 Å². The Morgan fingerprint density at radius 2 is 1.71 bits per heavy atom. The van der Waals surface area contributed by atoms with Crippen molar-refractivity contribution in [3.63, 3.8) is 0 Å². The summed E-state index contributed by atoms with van der Waals surface area (Å²) < 4.78 is 5.54. The zero-order chi connectivity index (χ0) is 11.0. The van der Waals surface area contributed by atoms with Gasteiger partial charge in [0, 0.05) is 5.60 Å². The van der Waals surface area contributed by atoms with E-state index in [2.05, 4.69) is 27.7 Å². The molecular weight excluding hydrogens is 207 g/mol. The SMILES string of the molecule is CCP(CC)CCCCC(C)(C)O[SiH3]. The van der Waals surface area contributed by atoms with Crippen LogP contribution in [0.15, 0.2) is 0 Å². The minimum atomic E-state index is 0.146. The number of hydrogen-bond donors (Lipinski definition) is 0. The standard InChI is InChI=1S/C11H27OPSi/c1-5-13(6-2)10-8-7-9-11(3,4)12-14/h5-10H2,1-4,14H3. The maximum absolute atomic E-state index is 5.54. The Kier molecular flexibility index (Phi) is 8.18. The zero-order valence-electron chi connectivity index (χ0n) is 10.6. The topological polar surface area (TPSA) is 9.23 Å². The average molecular weight is 234 g/mol. The van der Waals surface area contributed by atoms with Gasteiger partial charge >= 0.3 is 0 Å². The van der Waals surface area contributed by atoms with E-state index in [4.69, 9.17) is 4.43 Å². The second-order valence-corrected chi connectivity index (χ2v) is 7.91. The van der Waals surface area contributed by atoms with E-state index in [1.54, 1.807) is 0 Å². The molecule has 0 unspecified atom stereocenters. The lowest BCUT2D eigenvalue weighted by Gasteiger charge is -2.24. The van der Waals surface area contributed by atoms with Crippen molar-refractivity contribution in [1.29, 1.82) is 0 Å². The van der Waals surface area contributed by atoms with Gasteiger partial charge in [-0.25, -0.2) is 0 Å². The fourth-order valence-electron chi connectivity index (χ4n) is 1.53. The molecule has 1 nitrogen and oxygen atoms in total. The van der Waals surface area contributed by atoms with Crippen molar-refractivity contribution in [2.45, 2.75) is 52.6 Å². The first-order valence-corrected chi connectivity index (χ1v) is 8.54. The fraction of sp³-hybridized carbons (Fsp3) is 1.00. The lowest BCUT2D eigenvalue weighted by Crippen LogP contribution is -2.22. The van der Waals surface area contributed by atoms with Gasteiger partial charge in [-0.3, -0.25) is 0 Å². The number of rotatable bonds is 8. The van der Waals surface area contributed by atoms with Crippen molar-refractivity contribution in [3.8, 4) is 0 Å². The van der Waals surface area contributed by atoms with Crippen LogP contribution < -0.4 is 0 Å². The van der Waals surface area contributed by atoms with Gasteiger partial charge in [0.15, 0.2) is 0 Å². The van der Waals surface area contributed by atoms with Crippen LogP contribution >= 0.6 is 7.92 Å². The minimum Gasteiger partial charge on any atom is -0.423 e. The van der Waals surface area contributed by atoms with Gasteiger partial charge in [-0.2, -0.15) is 0 Å². The Hall–Kier alpha value is 0.607. The Morgan fingerprint density at radius 3 is 2.14 bits per heavy atom. The molecule has 0 aromatic carbocycles. The van der Waals surface area contributed by atoms with Crippen LogP contribution in [-0.4, -0.2) is 34.6 Å². The summed E-state index contributed by atoms with van der Waals surface area (Å²) >= 11 is 0. The van der Waals surface area contributed by atoms with Crippen LogP contribution in [0.1, 0.15) is 47.0 Å². The monoisotopic (exact) mass is 234 g/mol. The van der Waals surface area contributed by atoms with E-state index in [9.17, 15) is 0 Å². The third kappa shape index (κ3) is 6.97. The maximum Gasteiger partial charge on any atom is 0.146 e. The third-order valence-electron chi connectivity index (χ3n) is 2.95. The van der Waals surface area contributed by atoms with Crippen LogP contribution in [0, 0.1) is 0 Å². The third-order valence-corrected chi connectivity index (χ3v) is 6.79. The van der Waals surface area contributed by atoms with Crippen LogP contribution in [0.2, 0.25) is 0 Å². The van der Waals surface area contributed by atoms with Gasteiger partial charge in [-0.15, -0.1) is 7.92 Å². The molecule has 3 heteroatoms. The molecule has 0 saturated carbocycles. The molecule has 0 aromatic rings. The lowest BCUT2D eigenvalue weighted by atomic mass is 10.0. The minimum absolute atomic E-state index is 0.146. The van der Waals surface area contributed by atoms with Gasteiger partial charge in [0.05, 0.1) is 0 Å². The summed E-state index contributed by atoms with van der Waals surface area (Å²) in [6.07, 6.45) is 8.27. The molecule has 14 heavy (non-hydrogen) atoms. The maximum atomic E-state index is 5.54. The molecule has 0 aromatic heterocycles. The largest absolute Gasteiger partial charge is 0.423 e. The molecule has 0 saturated heterocycles. The molecule has 0 spiro atoms. The van der Waals surface area contributed by atoms with Gasteiger partial charge in [-0.05, 0) is 45.2 Å². The summed E-state index contributed by atoms with van der Waals surface area (Å²) in [6.45, 7) is 9.09. The average Bonchev–Trinajstić information content (AvgIpc) is 2.18. The number of unbranched alkanes of at least 4 members (excludes halogenated alkanes) is 1. The van der Waals surface area contributed by atoms with E-state index in [0.29, 0.717) is 7.92 Å². The lowest BCUT2D eigenvalue weighted by molar-refractivity contribution is 0.110. The van der Waals surface area contributed by atoms with Crippen LogP contribution in [0.4, 0.5) is 0 Å². The van der Waals surface area contributed by atoms with Gasteiger partial charge < -0.3 is 4.43 Å². The van der Waals surface area contributed by atoms with E-state index >= 15 is 0 Å². The highest BCUT2D eigenvalue weighted by Crippen LogP contribution is 2.35. The molecule has 0 aliphatic heterocycles. The summed E-state index contributed by atoms with van der Waals surface area (Å²) in [5.74, 6) is 0. The first-order valence-electron chi connectivity index (χ1n) is 5.83. The Balaban J connectivity index is 3.45. The van der Waals surface area contributed by atoms with E-state index in [-0.39, 0.29) is 5.60 Å². The van der Waals surface area contributed by atoms with Crippen LogP contribution in [0.25, 0.3) is 0 Å². The summed E-state index contributed by atoms with van der Waals surface area (Å²) in [5, 5.41) is 0. The highest BCUT2D eigenvalue weighted by atomic mass is 31.1. The summed E-state index contributed by atoms with van der Waals surface area (Å²) in [4.78, 5) is 0. The molecule has 86 valence electrons. The normalized spacial score (nSPS) is 12.6. The van der Waals surface area contributed by atoms with Crippen molar-refractivity contribution < 1.29 is 4.43 Å². The predicted molar refractivity (Wildman–Crippen MR) is 71.8 cm³/mol. The number of hydrogen-bond acceptors (Lipinski definition) is 1. The highest BCUT2D eigenvalue weighted by Gasteiger charge is 2.14. The molecule has 0 bridgehead atoms. The Labute approximate surface area is 94.3 Å². The summed E-state index contributed by atoms with van der Waals surface area (Å²) in [6, 6.07) is 0. The molecule has 0 atom stereocenters. The van der Waals surface area contributed by atoms with Crippen molar-refractivity contribution in [1.82, 2.24) is 0 Å². The quantitative estimate of drug-likeness (QED) is 0.356. The first kappa shape index (κ1) is 14.6. The predicted octanol–water partition coefficient (Wildman–Crippen LogP) is 2.75. The molecule has 0 radical (unpaired) electrons. The molecule has 0 aliphatic carbocycles. The summed E-state index contributed by atoms with van der Waals surface area (Å²) in [7, 11) is 1.23. The second-order valence-electron chi connectivity index (χ2n) is 4.45. The Morgan fingerprint density at radius 1 is 1.14 bits per heavy atom. The fourth-order valence-corrected chi connectivity index (χ4v) is 3.48. The molecule has 0 fully saturated rings. The van der Waals surface area contributed by atoms with Crippen LogP contribution in [0.5, 0.6) is 0 Å². The molecule has 0 aliphatic rings. The van der Waals surface area contributed by atoms with E-state index < -0.39 is 0 Å². The smallest absolute Gasteiger partial charge is 0.146 e. The highest BCUT2D eigenvalue weighted by molar-refractivity contribution is 7.57. The second kappa shape index (κ2) is 7.84. The van der Waals surface area contributed by atoms with Gasteiger partial charge in [0.25, 0.3) is 0 Å². The molecular formula is C11H27OPSi. The van der Waals surface area contributed by atoms with Gasteiger partial charge in [-0.1, -0.05) is 20.3 Å². The molecule has 0 rings (SSSR count). The van der Waals surface area contributed by atoms with Crippen molar-refractivity contribution >= 4 is 18.4 Å². The summed E-state index contributed by atoms with van der Waals surface area (Å²) in [5.41, 5.74) is 0.146. The molecule has 0 amide bonds.